The Morgan fingerprint density at radius 3 is 2.90 bits per heavy atom. The van der Waals surface area contributed by atoms with Crippen LogP contribution in [-0.4, -0.2) is 14.6 Å². The van der Waals surface area contributed by atoms with Gasteiger partial charge < -0.3 is 5.73 Å². The molecule has 0 fully saturated rings. The van der Waals surface area contributed by atoms with Gasteiger partial charge in [-0.1, -0.05) is 18.2 Å². The zero-order chi connectivity index (χ0) is 14.2. The fourth-order valence-electron chi connectivity index (χ4n) is 2.55. The quantitative estimate of drug-likeness (QED) is 0.631. The van der Waals surface area contributed by atoms with E-state index in [1.807, 2.05) is 53.3 Å². The maximum Gasteiger partial charge on any atom is 0.0957 e. The van der Waals surface area contributed by atoms with Crippen LogP contribution < -0.4 is 5.73 Å². The normalized spacial score (nSPS) is 13.0. The third-order valence-corrected chi connectivity index (χ3v) is 4.65. The molecule has 4 rings (SSSR count). The first kappa shape index (κ1) is 12.5. The zero-order valence-corrected chi connectivity index (χ0v) is 12.1. The summed E-state index contributed by atoms with van der Waals surface area (Å²) in [5.74, 6) is 0. The van der Waals surface area contributed by atoms with E-state index in [2.05, 4.69) is 16.1 Å². The van der Waals surface area contributed by atoms with Crippen LogP contribution in [-0.2, 0) is 6.42 Å². The summed E-state index contributed by atoms with van der Waals surface area (Å²) in [6.45, 7) is 0. The second-order valence-corrected chi connectivity index (χ2v) is 6.13. The average Bonchev–Trinajstić information content (AvgIpc) is 3.10. The second-order valence-electron chi connectivity index (χ2n) is 5.02. The first-order valence-electron chi connectivity index (χ1n) is 6.83. The van der Waals surface area contributed by atoms with Gasteiger partial charge in [0.15, 0.2) is 0 Å². The lowest BCUT2D eigenvalue weighted by Crippen LogP contribution is -2.12. The molecule has 0 aliphatic rings. The topological polar surface area (TPSA) is 56.2 Å². The Kier molecular flexibility index (Phi) is 2.94. The van der Waals surface area contributed by atoms with Crippen molar-refractivity contribution >= 4 is 27.1 Å². The number of rotatable bonds is 3. The average molecular weight is 294 g/mol. The summed E-state index contributed by atoms with van der Waals surface area (Å²) < 4.78 is 3.06. The molecule has 0 aliphatic heterocycles. The maximum absolute atomic E-state index is 6.37. The molecule has 2 N–H and O–H groups in total. The molecular weight excluding hydrogens is 280 g/mol. The Balaban J connectivity index is 1.67. The molecule has 0 bridgehead atoms. The molecule has 4 aromatic rings. The Bertz CT molecular complexity index is 876. The Morgan fingerprint density at radius 1 is 1.14 bits per heavy atom. The fraction of sp³-hybridized carbons (Fsp3) is 0.125. The molecule has 1 atom stereocenters. The molecule has 0 saturated heterocycles. The van der Waals surface area contributed by atoms with Gasteiger partial charge in [0.2, 0.25) is 0 Å². The minimum absolute atomic E-state index is 0.0922. The standard InChI is InChI=1S/C16H14N4S/c17-12(11-10-18-20-8-4-3-6-14(11)20)9-16-19-13-5-1-2-7-15(13)21-16/h1-8,10,12H,9,17H2. The van der Waals surface area contributed by atoms with Crippen LogP contribution in [0.25, 0.3) is 15.7 Å². The van der Waals surface area contributed by atoms with Crippen molar-refractivity contribution in [3.8, 4) is 0 Å². The van der Waals surface area contributed by atoms with Crippen molar-refractivity contribution < 1.29 is 0 Å². The van der Waals surface area contributed by atoms with Crippen LogP contribution in [0.5, 0.6) is 0 Å². The number of hydrogen-bond acceptors (Lipinski definition) is 4. The summed E-state index contributed by atoms with van der Waals surface area (Å²) in [5.41, 5.74) is 9.54. The first-order chi connectivity index (χ1) is 10.3. The van der Waals surface area contributed by atoms with E-state index in [1.165, 1.54) is 4.70 Å². The highest BCUT2D eigenvalue weighted by Gasteiger charge is 2.15. The Morgan fingerprint density at radius 2 is 2.00 bits per heavy atom. The zero-order valence-electron chi connectivity index (χ0n) is 11.3. The van der Waals surface area contributed by atoms with E-state index in [0.717, 1.165) is 28.0 Å². The van der Waals surface area contributed by atoms with Gasteiger partial charge >= 0.3 is 0 Å². The van der Waals surface area contributed by atoms with Gasteiger partial charge in [-0.05, 0) is 24.3 Å². The van der Waals surface area contributed by atoms with Gasteiger partial charge in [0.25, 0.3) is 0 Å². The van der Waals surface area contributed by atoms with Gasteiger partial charge in [0.05, 0.1) is 26.9 Å². The number of benzene rings is 1. The fourth-order valence-corrected chi connectivity index (χ4v) is 3.57. The SMILES string of the molecule is NC(Cc1nc2ccccc2s1)c1cnn2ccccc12. The van der Waals surface area contributed by atoms with Crippen molar-refractivity contribution in [2.24, 2.45) is 5.73 Å². The first-order valence-corrected chi connectivity index (χ1v) is 7.65. The minimum Gasteiger partial charge on any atom is -0.323 e. The predicted molar refractivity (Wildman–Crippen MR) is 85.4 cm³/mol. The van der Waals surface area contributed by atoms with Crippen LogP contribution >= 0.6 is 11.3 Å². The highest BCUT2D eigenvalue weighted by Crippen LogP contribution is 2.26. The Labute approximate surface area is 125 Å². The predicted octanol–water partition coefficient (Wildman–Crippen LogP) is 3.19. The molecule has 4 nitrogen and oxygen atoms in total. The molecule has 0 radical (unpaired) electrons. The van der Waals surface area contributed by atoms with Crippen LogP contribution in [0.1, 0.15) is 16.6 Å². The molecule has 3 aromatic heterocycles. The molecule has 3 heterocycles. The van der Waals surface area contributed by atoms with E-state index in [1.54, 1.807) is 11.3 Å². The highest BCUT2D eigenvalue weighted by atomic mass is 32.1. The number of pyridine rings is 1. The van der Waals surface area contributed by atoms with Crippen LogP contribution in [0.3, 0.4) is 0 Å². The lowest BCUT2D eigenvalue weighted by molar-refractivity contribution is 0.725. The van der Waals surface area contributed by atoms with Gasteiger partial charge in [-0.25, -0.2) is 9.50 Å². The Hall–Kier alpha value is -2.24. The second kappa shape index (κ2) is 4.95. The summed E-state index contributed by atoms with van der Waals surface area (Å²) in [5, 5.41) is 5.41. The molecule has 0 aliphatic carbocycles. The van der Waals surface area contributed by atoms with E-state index < -0.39 is 0 Å². The van der Waals surface area contributed by atoms with Crippen LogP contribution in [0.15, 0.2) is 54.9 Å². The molecule has 0 amide bonds. The van der Waals surface area contributed by atoms with Gasteiger partial charge in [0.1, 0.15) is 0 Å². The molecule has 0 spiro atoms. The van der Waals surface area contributed by atoms with Crippen molar-refractivity contribution in [3.05, 3.63) is 65.4 Å². The monoisotopic (exact) mass is 294 g/mol. The summed E-state index contributed by atoms with van der Waals surface area (Å²) in [6.07, 6.45) is 4.52. The van der Waals surface area contributed by atoms with Crippen LogP contribution in [0.2, 0.25) is 0 Å². The number of thiazole rings is 1. The van der Waals surface area contributed by atoms with E-state index >= 15 is 0 Å². The largest absolute Gasteiger partial charge is 0.323 e. The van der Waals surface area contributed by atoms with Gasteiger partial charge in [-0.2, -0.15) is 5.10 Å². The minimum atomic E-state index is -0.0922. The maximum atomic E-state index is 6.37. The number of fused-ring (bicyclic) bond motifs is 2. The summed E-state index contributed by atoms with van der Waals surface area (Å²) in [6, 6.07) is 14.1. The van der Waals surface area contributed by atoms with Gasteiger partial charge in [0, 0.05) is 24.2 Å². The molecule has 104 valence electrons. The van der Waals surface area contributed by atoms with E-state index in [4.69, 9.17) is 5.73 Å². The third-order valence-electron chi connectivity index (χ3n) is 3.59. The lowest BCUT2D eigenvalue weighted by atomic mass is 10.1. The van der Waals surface area contributed by atoms with E-state index in [0.29, 0.717) is 0 Å². The van der Waals surface area contributed by atoms with Gasteiger partial charge in [-0.3, -0.25) is 0 Å². The smallest absolute Gasteiger partial charge is 0.0957 e. The number of hydrogen-bond donors (Lipinski definition) is 1. The van der Waals surface area contributed by atoms with Crippen molar-refractivity contribution in [1.29, 1.82) is 0 Å². The van der Waals surface area contributed by atoms with Crippen molar-refractivity contribution in [3.63, 3.8) is 0 Å². The third kappa shape index (κ3) is 2.20. The molecule has 0 saturated carbocycles. The molecule has 21 heavy (non-hydrogen) atoms. The van der Waals surface area contributed by atoms with Gasteiger partial charge in [-0.15, -0.1) is 11.3 Å². The molecule has 1 aromatic carbocycles. The summed E-state index contributed by atoms with van der Waals surface area (Å²) in [4.78, 5) is 4.65. The van der Waals surface area contributed by atoms with Crippen LogP contribution in [0, 0.1) is 0 Å². The summed E-state index contributed by atoms with van der Waals surface area (Å²) >= 11 is 1.71. The molecule has 1 unspecified atom stereocenters. The van der Waals surface area contributed by atoms with Crippen molar-refractivity contribution in [2.45, 2.75) is 12.5 Å². The van der Waals surface area contributed by atoms with Crippen molar-refractivity contribution in [2.75, 3.05) is 0 Å². The van der Waals surface area contributed by atoms with Crippen LogP contribution in [0.4, 0.5) is 0 Å². The number of nitrogens with zero attached hydrogens (tertiary/aromatic N) is 3. The molecular formula is C16H14N4S. The van der Waals surface area contributed by atoms with Crippen molar-refractivity contribution in [1.82, 2.24) is 14.6 Å². The van der Waals surface area contributed by atoms with E-state index in [-0.39, 0.29) is 6.04 Å². The lowest BCUT2D eigenvalue weighted by Gasteiger charge is -2.07. The number of nitrogens with two attached hydrogens (primary N) is 1. The number of para-hydroxylation sites is 1. The summed E-state index contributed by atoms with van der Waals surface area (Å²) in [7, 11) is 0. The molecule has 5 heteroatoms. The number of aromatic nitrogens is 3. The highest BCUT2D eigenvalue weighted by molar-refractivity contribution is 7.18. The van der Waals surface area contributed by atoms with E-state index in [9.17, 15) is 0 Å².